The Bertz CT molecular complexity index is 737. The lowest BCUT2D eigenvalue weighted by atomic mass is 10.2. The molecule has 0 bridgehead atoms. The van der Waals surface area contributed by atoms with E-state index in [9.17, 15) is 9.59 Å². The van der Waals surface area contributed by atoms with Crippen molar-refractivity contribution >= 4 is 23.7 Å². The van der Waals surface area contributed by atoms with Crippen LogP contribution in [0.5, 0.6) is 0 Å². The third kappa shape index (κ3) is 5.29. The van der Waals surface area contributed by atoms with E-state index in [1.54, 1.807) is 12.1 Å². The van der Waals surface area contributed by atoms with E-state index in [1.165, 1.54) is 17.2 Å². The molecule has 1 unspecified atom stereocenters. The van der Waals surface area contributed by atoms with E-state index < -0.39 is 0 Å². The van der Waals surface area contributed by atoms with Crippen molar-refractivity contribution in [2.45, 2.75) is 18.9 Å². The third-order valence-corrected chi connectivity index (χ3v) is 4.02. The first kappa shape index (κ1) is 17.9. The van der Waals surface area contributed by atoms with Crippen molar-refractivity contribution in [3.63, 3.8) is 0 Å². The Balaban J connectivity index is 1.64. The first-order valence-corrected chi connectivity index (χ1v) is 8.54. The molecule has 26 heavy (non-hydrogen) atoms. The molecule has 2 heterocycles. The average molecular weight is 355 g/mol. The number of aromatic nitrogens is 1. The average Bonchev–Trinajstić information content (AvgIpc) is 3.34. The summed E-state index contributed by atoms with van der Waals surface area (Å²) in [5.74, 6) is -0.252. The summed E-state index contributed by atoms with van der Waals surface area (Å²) in [6, 6.07) is 11.1. The highest BCUT2D eigenvalue weighted by molar-refractivity contribution is 5.97. The van der Waals surface area contributed by atoms with E-state index in [0.29, 0.717) is 19.0 Å². The van der Waals surface area contributed by atoms with Gasteiger partial charge in [-0.1, -0.05) is 35.5 Å². The Morgan fingerprint density at radius 2 is 2.12 bits per heavy atom. The summed E-state index contributed by atoms with van der Waals surface area (Å²) in [4.78, 5) is 26.3. The summed E-state index contributed by atoms with van der Waals surface area (Å²) in [5, 5.41) is 6.24. The van der Waals surface area contributed by atoms with E-state index in [4.69, 9.17) is 4.74 Å². The Kier molecular flexibility index (Phi) is 6.16. The largest absolute Gasteiger partial charge is 0.376 e. The van der Waals surface area contributed by atoms with Gasteiger partial charge in [-0.3, -0.25) is 9.59 Å². The molecule has 7 nitrogen and oxygen atoms in total. The predicted molar refractivity (Wildman–Crippen MR) is 96.2 cm³/mol. The molecule has 0 spiro atoms. The molecule has 1 atom stereocenters. The van der Waals surface area contributed by atoms with Crippen molar-refractivity contribution < 1.29 is 18.8 Å². The summed E-state index contributed by atoms with van der Waals surface area (Å²) in [6.45, 7) is 0.993. The van der Waals surface area contributed by atoms with Gasteiger partial charge in [-0.05, 0) is 24.5 Å². The molecule has 2 aromatic rings. The lowest BCUT2D eigenvalue weighted by Crippen LogP contribution is -2.41. The fourth-order valence-electron chi connectivity index (χ4n) is 2.74. The van der Waals surface area contributed by atoms with E-state index >= 15 is 0 Å². The van der Waals surface area contributed by atoms with Crippen LogP contribution in [0.25, 0.3) is 6.08 Å². The van der Waals surface area contributed by atoms with Crippen LogP contribution < -0.4 is 5.32 Å². The zero-order valence-electron chi connectivity index (χ0n) is 14.3. The molecule has 2 amide bonds. The maximum Gasteiger partial charge on any atom is 0.247 e. The third-order valence-electron chi connectivity index (χ3n) is 4.02. The molecule has 1 aliphatic rings. The molecule has 1 aromatic carbocycles. The number of carbonyl (C=O) groups excluding carboxylic acids is 2. The standard InChI is InChI=1S/C19H21N3O4/c23-18(20-17-10-12-26-21-17)14-22(13-16-7-4-11-25-16)19(24)9-8-15-5-2-1-3-6-15/h1-3,5-6,8-10,12,16H,4,7,11,13-14H2,(H,20,21,23)/b9-8+. The Labute approximate surface area is 151 Å². The molecular formula is C19H21N3O4. The Morgan fingerprint density at radius 3 is 2.81 bits per heavy atom. The van der Waals surface area contributed by atoms with Crippen LogP contribution in [0.1, 0.15) is 18.4 Å². The molecule has 1 fully saturated rings. The zero-order chi connectivity index (χ0) is 18.2. The van der Waals surface area contributed by atoms with Gasteiger partial charge in [0, 0.05) is 25.3 Å². The maximum absolute atomic E-state index is 12.6. The molecule has 0 aliphatic carbocycles. The van der Waals surface area contributed by atoms with E-state index in [-0.39, 0.29) is 24.5 Å². The summed E-state index contributed by atoms with van der Waals surface area (Å²) in [7, 11) is 0. The molecule has 0 radical (unpaired) electrons. The topological polar surface area (TPSA) is 84.7 Å². The van der Waals surface area contributed by atoms with Crippen molar-refractivity contribution in [2.24, 2.45) is 0 Å². The molecule has 3 rings (SSSR count). The summed E-state index contributed by atoms with van der Waals surface area (Å²) in [6.07, 6.45) is 6.40. The van der Waals surface area contributed by atoms with Gasteiger partial charge in [-0.2, -0.15) is 0 Å². The highest BCUT2D eigenvalue weighted by atomic mass is 16.5. The monoisotopic (exact) mass is 355 g/mol. The second-order valence-electron chi connectivity index (χ2n) is 6.03. The number of rotatable bonds is 7. The Hall–Kier alpha value is -2.93. The van der Waals surface area contributed by atoms with Crippen molar-refractivity contribution in [3.8, 4) is 0 Å². The molecule has 1 N–H and O–H groups in total. The van der Waals surface area contributed by atoms with Crippen LogP contribution in [0.15, 0.2) is 53.3 Å². The van der Waals surface area contributed by atoms with Crippen molar-refractivity contribution in [1.29, 1.82) is 0 Å². The van der Waals surface area contributed by atoms with E-state index in [0.717, 1.165) is 18.4 Å². The number of anilines is 1. The van der Waals surface area contributed by atoms with Crippen LogP contribution in [0.4, 0.5) is 5.82 Å². The lowest BCUT2D eigenvalue weighted by molar-refractivity contribution is -0.131. The summed E-state index contributed by atoms with van der Waals surface area (Å²) >= 11 is 0. The number of ether oxygens (including phenoxy) is 1. The number of nitrogens with one attached hydrogen (secondary N) is 1. The van der Waals surface area contributed by atoms with Crippen LogP contribution in [-0.2, 0) is 14.3 Å². The van der Waals surface area contributed by atoms with E-state index in [2.05, 4.69) is 15.0 Å². The molecule has 136 valence electrons. The van der Waals surface area contributed by atoms with Gasteiger partial charge in [-0.15, -0.1) is 0 Å². The number of hydrogen-bond acceptors (Lipinski definition) is 5. The molecule has 1 aliphatic heterocycles. The number of benzene rings is 1. The van der Waals surface area contributed by atoms with Crippen LogP contribution >= 0.6 is 0 Å². The van der Waals surface area contributed by atoms with Gasteiger partial charge < -0.3 is 19.5 Å². The summed E-state index contributed by atoms with van der Waals surface area (Å²) in [5.41, 5.74) is 0.921. The lowest BCUT2D eigenvalue weighted by Gasteiger charge is -2.23. The SMILES string of the molecule is O=C(CN(CC1CCCO1)C(=O)/C=C/c1ccccc1)Nc1ccon1. The van der Waals surface area contributed by atoms with Gasteiger partial charge in [0.25, 0.3) is 0 Å². The fraction of sp³-hybridized carbons (Fsp3) is 0.316. The number of nitrogens with zero attached hydrogens (tertiary/aromatic N) is 2. The van der Waals surface area contributed by atoms with Crippen molar-refractivity contribution in [3.05, 3.63) is 54.3 Å². The number of hydrogen-bond donors (Lipinski definition) is 1. The van der Waals surface area contributed by atoms with Crippen LogP contribution in [0.2, 0.25) is 0 Å². The van der Waals surface area contributed by atoms with Gasteiger partial charge in [0.1, 0.15) is 12.8 Å². The summed E-state index contributed by atoms with van der Waals surface area (Å²) < 4.78 is 10.3. The molecular weight excluding hydrogens is 334 g/mol. The molecule has 1 aromatic heterocycles. The highest BCUT2D eigenvalue weighted by Crippen LogP contribution is 2.14. The van der Waals surface area contributed by atoms with E-state index in [1.807, 2.05) is 30.3 Å². The molecule has 7 heteroatoms. The quantitative estimate of drug-likeness (QED) is 0.771. The zero-order valence-corrected chi connectivity index (χ0v) is 14.3. The minimum atomic E-state index is -0.335. The smallest absolute Gasteiger partial charge is 0.247 e. The maximum atomic E-state index is 12.6. The fourth-order valence-corrected chi connectivity index (χ4v) is 2.74. The molecule has 0 saturated carbocycles. The second kappa shape index (κ2) is 8.96. The predicted octanol–water partition coefficient (Wildman–Crippen LogP) is 2.33. The first-order valence-electron chi connectivity index (χ1n) is 8.54. The van der Waals surface area contributed by atoms with Gasteiger partial charge in [0.15, 0.2) is 5.82 Å². The minimum absolute atomic E-state index is 0.0380. The number of amides is 2. The Morgan fingerprint density at radius 1 is 1.27 bits per heavy atom. The first-order chi connectivity index (χ1) is 12.7. The number of carbonyl (C=O) groups is 2. The molecule has 1 saturated heterocycles. The minimum Gasteiger partial charge on any atom is -0.376 e. The van der Waals surface area contributed by atoms with Crippen LogP contribution in [0.3, 0.4) is 0 Å². The second-order valence-corrected chi connectivity index (χ2v) is 6.03. The highest BCUT2D eigenvalue weighted by Gasteiger charge is 2.23. The normalized spacial score (nSPS) is 16.7. The van der Waals surface area contributed by atoms with Gasteiger partial charge in [0.05, 0.1) is 6.10 Å². The van der Waals surface area contributed by atoms with Crippen LogP contribution in [-0.4, -0.2) is 47.7 Å². The van der Waals surface area contributed by atoms with Crippen molar-refractivity contribution in [2.75, 3.05) is 25.0 Å². The van der Waals surface area contributed by atoms with Crippen molar-refractivity contribution in [1.82, 2.24) is 10.1 Å². The van der Waals surface area contributed by atoms with Gasteiger partial charge in [0.2, 0.25) is 11.8 Å². The van der Waals surface area contributed by atoms with Gasteiger partial charge in [-0.25, -0.2) is 0 Å². The van der Waals surface area contributed by atoms with Gasteiger partial charge >= 0.3 is 0 Å². The van der Waals surface area contributed by atoms with Crippen LogP contribution in [0, 0.1) is 0 Å².